The van der Waals surface area contributed by atoms with E-state index in [4.69, 9.17) is 4.42 Å². The standard InChI is InChI=1S/C19H24N2O4S2/c22-19(20-10-13-26-15-17-7-5-12-25-17)16-6-4-11-21(14-16)27(23,24)18-8-2-1-3-9-18/h1-3,5,7-9,12,16H,4,6,10-11,13-15H2,(H,20,22)/t16-/m1/s1. The van der Waals surface area contributed by atoms with Gasteiger partial charge in [-0.2, -0.15) is 16.1 Å². The van der Waals surface area contributed by atoms with Gasteiger partial charge in [0.2, 0.25) is 15.9 Å². The summed E-state index contributed by atoms with van der Waals surface area (Å²) in [6, 6.07) is 12.2. The Hall–Kier alpha value is -1.77. The van der Waals surface area contributed by atoms with E-state index in [2.05, 4.69) is 5.32 Å². The summed E-state index contributed by atoms with van der Waals surface area (Å²) in [4.78, 5) is 12.7. The van der Waals surface area contributed by atoms with E-state index in [1.807, 2.05) is 12.1 Å². The molecule has 0 bridgehead atoms. The first-order chi connectivity index (χ1) is 13.1. The van der Waals surface area contributed by atoms with Crippen LogP contribution in [0.4, 0.5) is 0 Å². The molecule has 1 aromatic heterocycles. The molecule has 1 aliphatic heterocycles. The van der Waals surface area contributed by atoms with Gasteiger partial charge in [0.15, 0.2) is 0 Å². The summed E-state index contributed by atoms with van der Waals surface area (Å²) in [6.45, 7) is 1.26. The number of furan rings is 1. The van der Waals surface area contributed by atoms with E-state index in [0.29, 0.717) is 25.9 Å². The van der Waals surface area contributed by atoms with Crippen LogP contribution in [-0.2, 0) is 20.6 Å². The number of hydrogen-bond donors (Lipinski definition) is 1. The molecular weight excluding hydrogens is 384 g/mol. The number of thioether (sulfide) groups is 1. The van der Waals surface area contributed by atoms with Gasteiger partial charge in [0, 0.05) is 25.4 Å². The van der Waals surface area contributed by atoms with Crippen molar-refractivity contribution < 1.29 is 17.6 Å². The monoisotopic (exact) mass is 408 g/mol. The number of sulfonamides is 1. The summed E-state index contributed by atoms with van der Waals surface area (Å²) in [6.07, 6.45) is 3.06. The van der Waals surface area contributed by atoms with Crippen LogP contribution in [0.3, 0.4) is 0 Å². The number of carbonyl (C=O) groups is 1. The Morgan fingerprint density at radius 3 is 2.78 bits per heavy atom. The minimum Gasteiger partial charge on any atom is -0.468 e. The summed E-state index contributed by atoms with van der Waals surface area (Å²) < 4.78 is 32.2. The van der Waals surface area contributed by atoms with Crippen molar-refractivity contribution in [3.05, 3.63) is 54.5 Å². The Labute approximate surface area is 164 Å². The number of benzene rings is 1. The Morgan fingerprint density at radius 1 is 1.22 bits per heavy atom. The van der Waals surface area contributed by atoms with Crippen LogP contribution in [0.1, 0.15) is 18.6 Å². The smallest absolute Gasteiger partial charge is 0.243 e. The molecule has 0 aliphatic carbocycles. The first kappa shape index (κ1) is 20.0. The van der Waals surface area contributed by atoms with Crippen LogP contribution in [-0.4, -0.2) is 44.0 Å². The van der Waals surface area contributed by atoms with Crippen molar-refractivity contribution in [3.63, 3.8) is 0 Å². The maximum absolute atomic E-state index is 12.7. The summed E-state index contributed by atoms with van der Waals surface area (Å²) >= 11 is 1.69. The first-order valence-electron chi connectivity index (χ1n) is 9.00. The van der Waals surface area contributed by atoms with Crippen molar-refractivity contribution in [2.75, 3.05) is 25.4 Å². The number of amides is 1. The molecule has 1 N–H and O–H groups in total. The third-order valence-electron chi connectivity index (χ3n) is 4.51. The molecule has 1 fully saturated rings. The van der Waals surface area contributed by atoms with Crippen LogP contribution in [0.2, 0.25) is 0 Å². The maximum Gasteiger partial charge on any atom is 0.243 e. The van der Waals surface area contributed by atoms with Gasteiger partial charge in [-0.1, -0.05) is 18.2 Å². The number of carbonyl (C=O) groups excluding carboxylic acids is 1. The van der Waals surface area contributed by atoms with E-state index in [1.165, 1.54) is 4.31 Å². The molecule has 3 rings (SSSR count). The Bertz CT molecular complexity index is 823. The van der Waals surface area contributed by atoms with Crippen LogP contribution >= 0.6 is 11.8 Å². The van der Waals surface area contributed by atoms with E-state index < -0.39 is 10.0 Å². The van der Waals surface area contributed by atoms with E-state index in [-0.39, 0.29) is 23.3 Å². The molecule has 2 heterocycles. The quantitative estimate of drug-likeness (QED) is 0.680. The largest absolute Gasteiger partial charge is 0.468 e. The van der Waals surface area contributed by atoms with Crippen LogP contribution < -0.4 is 5.32 Å². The predicted octanol–water partition coefficient (Wildman–Crippen LogP) is 2.73. The average Bonchev–Trinajstić information content (AvgIpc) is 3.22. The van der Waals surface area contributed by atoms with Crippen molar-refractivity contribution in [2.45, 2.75) is 23.5 Å². The second-order valence-corrected chi connectivity index (χ2v) is 9.48. The van der Waals surface area contributed by atoms with Crippen molar-refractivity contribution in [2.24, 2.45) is 5.92 Å². The minimum atomic E-state index is -3.54. The number of nitrogens with one attached hydrogen (secondary N) is 1. The number of rotatable bonds is 8. The van der Waals surface area contributed by atoms with Crippen molar-refractivity contribution in [3.8, 4) is 0 Å². The zero-order chi connectivity index (χ0) is 19.1. The molecule has 1 amide bonds. The second kappa shape index (κ2) is 9.43. The molecular formula is C19H24N2O4S2. The predicted molar refractivity (Wildman–Crippen MR) is 106 cm³/mol. The molecule has 1 aromatic carbocycles. The van der Waals surface area contributed by atoms with Crippen molar-refractivity contribution in [1.82, 2.24) is 9.62 Å². The van der Waals surface area contributed by atoms with Gasteiger partial charge in [0.05, 0.1) is 22.8 Å². The molecule has 0 spiro atoms. The van der Waals surface area contributed by atoms with Gasteiger partial charge in [-0.25, -0.2) is 8.42 Å². The van der Waals surface area contributed by atoms with Crippen LogP contribution in [0, 0.1) is 5.92 Å². The van der Waals surface area contributed by atoms with Gasteiger partial charge in [-0.3, -0.25) is 4.79 Å². The minimum absolute atomic E-state index is 0.0680. The van der Waals surface area contributed by atoms with Gasteiger partial charge in [0.1, 0.15) is 5.76 Å². The summed E-state index contributed by atoms with van der Waals surface area (Å²) in [5, 5.41) is 2.93. The fraction of sp³-hybridized carbons (Fsp3) is 0.421. The molecule has 0 saturated carbocycles. The average molecular weight is 409 g/mol. The fourth-order valence-electron chi connectivity index (χ4n) is 3.07. The van der Waals surface area contributed by atoms with E-state index in [0.717, 1.165) is 17.3 Å². The highest BCUT2D eigenvalue weighted by Gasteiger charge is 2.33. The number of hydrogen-bond acceptors (Lipinski definition) is 5. The third kappa shape index (κ3) is 5.37. The Kier molecular flexibility index (Phi) is 6.98. The van der Waals surface area contributed by atoms with Gasteiger partial charge in [-0.15, -0.1) is 0 Å². The number of nitrogens with zero attached hydrogens (tertiary/aromatic N) is 1. The van der Waals surface area contributed by atoms with Crippen LogP contribution in [0.25, 0.3) is 0 Å². The first-order valence-corrected chi connectivity index (χ1v) is 11.6. The fourth-order valence-corrected chi connectivity index (χ4v) is 5.38. The molecule has 2 aromatic rings. The van der Waals surface area contributed by atoms with Crippen LogP contribution in [0.15, 0.2) is 58.0 Å². The molecule has 6 nitrogen and oxygen atoms in total. The molecule has 27 heavy (non-hydrogen) atoms. The molecule has 0 unspecified atom stereocenters. The summed E-state index contributed by atoms with van der Waals surface area (Å²) in [5.41, 5.74) is 0. The maximum atomic E-state index is 12.7. The lowest BCUT2D eigenvalue weighted by Crippen LogP contribution is -2.45. The van der Waals surface area contributed by atoms with Gasteiger partial charge < -0.3 is 9.73 Å². The molecule has 1 atom stereocenters. The Balaban J connectivity index is 1.46. The van der Waals surface area contributed by atoms with Gasteiger partial charge in [-0.05, 0) is 37.1 Å². The van der Waals surface area contributed by atoms with E-state index in [9.17, 15) is 13.2 Å². The normalized spacial score (nSPS) is 18.3. The lowest BCUT2D eigenvalue weighted by molar-refractivity contribution is -0.125. The summed E-state index contributed by atoms with van der Waals surface area (Å²) in [5.74, 6) is 2.11. The van der Waals surface area contributed by atoms with Gasteiger partial charge in [0.25, 0.3) is 0 Å². The number of piperidine rings is 1. The molecule has 146 valence electrons. The Morgan fingerprint density at radius 2 is 2.04 bits per heavy atom. The molecule has 0 radical (unpaired) electrons. The zero-order valence-electron chi connectivity index (χ0n) is 15.0. The highest BCUT2D eigenvalue weighted by atomic mass is 32.2. The lowest BCUT2D eigenvalue weighted by Gasteiger charge is -2.31. The molecule has 1 aliphatic rings. The molecule has 1 saturated heterocycles. The SMILES string of the molecule is O=C(NCCSCc1ccco1)[C@@H]1CCCN(S(=O)(=O)c2ccccc2)C1. The van der Waals surface area contributed by atoms with Crippen molar-refractivity contribution >= 4 is 27.7 Å². The van der Waals surface area contributed by atoms with E-state index >= 15 is 0 Å². The lowest BCUT2D eigenvalue weighted by atomic mass is 9.99. The van der Waals surface area contributed by atoms with Crippen molar-refractivity contribution in [1.29, 1.82) is 0 Å². The second-order valence-electron chi connectivity index (χ2n) is 6.44. The topological polar surface area (TPSA) is 79.6 Å². The van der Waals surface area contributed by atoms with Gasteiger partial charge >= 0.3 is 0 Å². The third-order valence-corrected chi connectivity index (χ3v) is 7.37. The zero-order valence-corrected chi connectivity index (χ0v) is 16.7. The van der Waals surface area contributed by atoms with E-state index in [1.54, 1.807) is 48.4 Å². The molecule has 8 heteroatoms. The van der Waals surface area contributed by atoms with Crippen LogP contribution in [0.5, 0.6) is 0 Å². The highest BCUT2D eigenvalue weighted by Crippen LogP contribution is 2.23. The highest BCUT2D eigenvalue weighted by molar-refractivity contribution is 7.98. The summed E-state index contributed by atoms with van der Waals surface area (Å²) in [7, 11) is -3.54.